The summed E-state index contributed by atoms with van der Waals surface area (Å²) >= 11 is 11.5. The summed E-state index contributed by atoms with van der Waals surface area (Å²) in [7, 11) is 3.03. The zero-order chi connectivity index (χ0) is 9.14. The van der Waals surface area contributed by atoms with E-state index in [0.29, 0.717) is 21.5 Å². The lowest BCUT2D eigenvalue weighted by Crippen LogP contribution is -1.88. The molecular formula is C8H7Cl2O2. The van der Waals surface area contributed by atoms with Gasteiger partial charge >= 0.3 is 0 Å². The Kier molecular flexibility index (Phi) is 3.06. The molecule has 0 aliphatic carbocycles. The van der Waals surface area contributed by atoms with Gasteiger partial charge in [-0.2, -0.15) is 0 Å². The molecule has 0 spiro atoms. The highest BCUT2D eigenvalue weighted by molar-refractivity contribution is 6.36. The molecule has 12 heavy (non-hydrogen) atoms. The second kappa shape index (κ2) is 3.87. The first kappa shape index (κ1) is 9.49. The van der Waals surface area contributed by atoms with Gasteiger partial charge in [-0.05, 0) is 0 Å². The Labute approximate surface area is 81.0 Å². The molecule has 0 aliphatic rings. The van der Waals surface area contributed by atoms with Crippen LogP contribution in [0, 0.1) is 6.07 Å². The van der Waals surface area contributed by atoms with Gasteiger partial charge < -0.3 is 9.47 Å². The van der Waals surface area contributed by atoms with E-state index < -0.39 is 0 Å². The molecule has 65 valence electrons. The van der Waals surface area contributed by atoms with Crippen molar-refractivity contribution in [3.8, 4) is 11.5 Å². The quantitative estimate of drug-likeness (QED) is 0.740. The molecule has 2 nitrogen and oxygen atoms in total. The van der Waals surface area contributed by atoms with Crippen LogP contribution in [-0.4, -0.2) is 14.2 Å². The van der Waals surface area contributed by atoms with Crippen molar-refractivity contribution < 1.29 is 9.47 Å². The molecule has 1 aromatic rings. The molecule has 0 fully saturated rings. The van der Waals surface area contributed by atoms with Crippen LogP contribution in [-0.2, 0) is 0 Å². The van der Waals surface area contributed by atoms with E-state index in [1.165, 1.54) is 14.2 Å². The lowest BCUT2D eigenvalue weighted by molar-refractivity contribution is 0.394. The number of hydrogen-bond donors (Lipinski definition) is 0. The van der Waals surface area contributed by atoms with Crippen molar-refractivity contribution in [2.45, 2.75) is 0 Å². The van der Waals surface area contributed by atoms with Gasteiger partial charge in [-0.15, -0.1) is 0 Å². The minimum Gasteiger partial charge on any atom is -0.495 e. The van der Waals surface area contributed by atoms with Gasteiger partial charge in [0, 0.05) is 12.1 Å². The van der Waals surface area contributed by atoms with Crippen LogP contribution in [0.25, 0.3) is 0 Å². The third-order valence-electron chi connectivity index (χ3n) is 1.35. The monoisotopic (exact) mass is 205 g/mol. The molecule has 1 rings (SSSR count). The average molecular weight is 206 g/mol. The predicted octanol–water partition coefficient (Wildman–Crippen LogP) is 2.81. The van der Waals surface area contributed by atoms with Crippen LogP contribution >= 0.6 is 23.2 Å². The molecule has 0 amide bonds. The van der Waals surface area contributed by atoms with Crippen LogP contribution in [0.1, 0.15) is 0 Å². The summed E-state index contributed by atoms with van der Waals surface area (Å²) in [5.41, 5.74) is 0. The molecule has 0 bridgehead atoms. The summed E-state index contributed by atoms with van der Waals surface area (Å²) in [6.45, 7) is 0. The SMILES string of the molecule is COc1cc(OC)c(Cl)[c]c1Cl. The van der Waals surface area contributed by atoms with Gasteiger partial charge in [-0.3, -0.25) is 0 Å². The molecule has 0 heterocycles. The van der Waals surface area contributed by atoms with E-state index in [1.54, 1.807) is 6.07 Å². The minimum atomic E-state index is 0.350. The van der Waals surface area contributed by atoms with Crippen molar-refractivity contribution in [1.82, 2.24) is 0 Å². The highest BCUT2D eigenvalue weighted by atomic mass is 35.5. The fourth-order valence-electron chi connectivity index (χ4n) is 0.762. The first-order chi connectivity index (χ1) is 5.69. The smallest absolute Gasteiger partial charge is 0.141 e. The zero-order valence-corrected chi connectivity index (χ0v) is 8.16. The molecular weight excluding hydrogens is 199 g/mol. The fourth-order valence-corrected chi connectivity index (χ4v) is 1.26. The fraction of sp³-hybridized carbons (Fsp3) is 0.250. The predicted molar refractivity (Wildman–Crippen MR) is 48.4 cm³/mol. The standard InChI is InChI=1S/C8H7Cl2O2/c1-11-7-4-8(12-2)6(10)3-5(7)9/h4H,1-2H3. The maximum Gasteiger partial charge on any atom is 0.141 e. The molecule has 0 atom stereocenters. The Morgan fingerprint density at radius 1 is 1.08 bits per heavy atom. The summed E-state index contributed by atoms with van der Waals surface area (Å²) in [6, 6.07) is 4.30. The van der Waals surface area contributed by atoms with E-state index in [4.69, 9.17) is 32.7 Å². The van der Waals surface area contributed by atoms with Gasteiger partial charge in [-0.1, -0.05) is 23.2 Å². The lowest BCUT2D eigenvalue weighted by Gasteiger charge is -2.06. The first-order valence-electron chi connectivity index (χ1n) is 3.18. The third kappa shape index (κ3) is 1.76. The highest BCUT2D eigenvalue weighted by Gasteiger charge is 2.07. The van der Waals surface area contributed by atoms with Crippen molar-refractivity contribution in [2.75, 3.05) is 14.2 Å². The summed E-state index contributed by atoms with van der Waals surface area (Å²) < 4.78 is 9.88. The average Bonchev–Trinajstić information content (AvgIpc) is 2.05. The Morgan fingerprint density at radius 3 is 1.83 bits per heavy atom. The number of rotatable bonds is 2. The molecule has 4 heteroatoms. The number of hydrogen-bond acceptors (Lipinski definition) is 2. The Balaban J connectivity index is 3.18. The lowest BCUT2D eigenvalue weighted by atomic mass is 10.3. The Hall–Kier alpha value is -0.600. The van der Waals surface area contributed by atoms with Crippen molar-refractivity contribution in [3.05, 3.63) is 22.2 Å². The van der Waals surface area contributed by atoms with E-state index in [1.807, 2.05) is 0 Å². The topological polar surface area (TPSA) is 18.5 Å². The minimum absolute atomic E-state index is 0.350. The van der Waals surface area contributed by atoms with Crippen molar-refractivity contribution >= 4 is 23.2 Å². The summed E-state index contributed by atoms with van der Waals surface area (Å²) in [5.74, 6) is 0.996. The number of benzene rings is 1. The van der Waals surface area contributed by atoms with E-state index >= 15 is 0 Å². The molecule has 1 radical (unpaired) electrons. The van der Waals surface area contributed by atoms with Crippen LogP contribution in [0.5, 0.6) is 11.5 Å². The molecule has 0 unspecified atom stereocenters. The van der Waals surface area contributed by atoms with Crippen molar-refractivity contribution in [3.63, 3.8) is 0 Å². The zero-order valence-electron chi connectivity index (χ0n) is 6.65. The third-order valence-corrected chi connectivity index (χ3v) is 1.92. The van der Waals surface area contributed by atoms with Crippen LogP contribution in [0.15, 0.2) is 6.07 Å². The first-order valence-corrected chi connectivity index (χ1v) is 3.94. The Morgan fingerprint density at radius 2 is 1.50 bits per heavy atom. The molecule has 0 saturated carbocycles. The maximum absolute atomic E-state index is 5.74. The van der Waals surface area contributed by atoms with Gasteiger partial charge in [0.15, 0.2) is 0 Å². The molecule has 0 N–H and O–H groups in total. The molecule has 0 aliphatic heterocycles. The Bertz CT molecular complexity index is 261. The summed E-state index contributed by atoms with van der Waals surface area (Å²) in [4.78, 5) is 0. The van der Waals surface area contributed by atoms with Crippen molar-refractivity contribution in [1.29, 1.82) is 0 Å². The second-order valence-electron chi connectivity index (χ2n) is 2.03. The molecule has 0 saturated heterocycles. The van der Waals surface area contributed by atoms with Gasteiger partial charge in [-0.25, -0.2) is 0 Å². The van der Waals surface area contributed by atoms with E-state index in [2.05, 4.69) is 6.07 Å². The normalized spacial score (nSPS) is 9.67. The van der Waals surface area contributed by atoms with E-state index in [-0.39, 0.29) is 0 Å². The second-order valence-corrected chi connectivity index (χ2v) is 2.79. The van der Waals surface area contributed by atoms with Crippen LogP contribution in [0.2, 0.25) is 10.0 Å². The largest absolute Gasteiger partial charge is 0.495 e. The number of methoxy groups -OCH3 is 2. The van der Waals surface area contributed by atoms with E-state index in [9.17, 15) is 0 Å². The van der Waals surface area contributed by atoms with Gasteiger partial charge in [0.25, 0.3) is 0 Å². The van der Waals surface area contributed by atoms with E-state index in [0.717, 1.165) is 0 Å². The highest BCUT2D eigenvalue weighted by Crippen LogP contribution is 2.34. The van der Waals surface area contributed by atoms with Crippen LogP contribution in [0.3, 0.4) is 0 Å². The van der Waals surface area contributed by atoms with Gasteiger partial charge in [0.1, 0.15) is 11.5 Å². The van der Waals surface area contributed by atoms with Crippen molar-refractivity contribution in [2.24, 2.45) is 0 Å². The summed E-state index contributed by atoms with van der Waals surface area (Å²) in [5, 5.41) is 0.701. The number of halogens is 2. The van der Waals surface area contributed by atoms with Crippen LogP contribution in [0.4, 0.5) is 0 Å². The molecule has 1 aromatic carbocycles. The number of ether oxygens (including phenoxy) is 2. The molecule has 0 aromatic heterocycles. The van der Waals surface area contributed by atoms with Gasteiger partial charge in [0.05, 0.1) is 24.3 Å². The maximum atomic E-state index is 5.74. The van der Waals surface area contributed by atoms with Crippen LogP contribution < -0.4 is 9.47 Å². The van der Waals surface area contributed by atoms with Gasteiger partial charge in [0.2, 0.25) is 0 Å². The summed E-state index contributed by atoms with van der Waals surface area (Å²) in [6.07, 6.45) is 0.